The van der Waals surface area contributed by atoms with Crippen LogP contribution in [0.2, 0.25) is 0 Å². The van der Waals surface area contributed by atoms with Crippen molar-refractivity contribution in [2.24, 2.45) is 0 Å². The Kier molecular flexibility index (Phi) is 4.17. The van der Waals surface area contributed by atoms with Gasteiger partial charge >= 0.3 is 12.4 Å². The Balaban J connectivity index is 3.92. The lowest BCUT2D eigenvalue weighted by Crippen LogP contribution is -2.18. The molecule has 1 aromatic carbocycles. The SMILES string of the molecule is COc1c(C)c(C(F)(F)F)c(OC)c(C)c1C(F)(F)F. The van der Waals surface area contributed by atoms with Gasteiger partial charge < -0.3 is 9.47 Å². The summed E-state index contributed by atoms with van der Waals surface area (Å²) in [6.45, 7) is 1.83. The van der Waals surface area contributed by atoms with Gasteiger partial charge in [0.25, 0.3) is 0 Å². The number of ether oxygens (including phenoxy) is 2. The van der Waals surface area contributed by atoms with E-state index in [1.807, 2.05) is 0 Å². The van der Waals surface area contributed by atoms with Crippen molar-refractivity contribution in [2.45, 2.75) is 26.2 Å². The van der Waals surface area contributed by atoms with Crippen LogP contribution in [0.1, 0.15) is 22.3 Å². The van der Waals surface area contributed by atoms with Crippen LogP contribution in [-0.2, 0) is 12.4 Å². The van der Waals surface area contributed by atoms with Gasteiger partial charge in [-0.1, -0.05) is 0 Å². The number of methoxy groups -OCH3 is 2. The molecule has 0 aliphatic heterocycles. The molecule has 8 heteroatoms. The number of halogens is 6. The van der Waals surface area contributed by atoms with Crippen molar-refractivity contribution in [1.82, 2.24) is 0 Å². The summed E-state index contributed by atoms with van der Waals surface area (Å²) in [5.41, 5.74) is -3.84. The molecule has 0 amide bonds. The van der Waals surface area contributed by atoms with Gasteiger partial charge in [0, 0.05) is 11.1 Å². The van der Waals surface area contributed by atoms with Gasteiger partial charge in [-0.05, 0) is 13.8 Å². The Labute approximate surface area is 111 Å². The zero-order valence-corrected chi connectivity index (χ0v) is 11.1. The van der Waals surface area contributed by atoms with Crippen LogP contribution in [0.4, 0.5) is 26.3 Å². The molecule has 0 aliphatic carbocycles. The van der Waals surface area contributed by atoms with Gasteiger partial charge in [-0.3, -0.25) is 0 Å². The number of benzene rings is 1. The molecule has 0 fully saturated rings. The Morgan fingerprint density at radius 3 is 1.05 bits per heavy atom. The molecule has 0 aromatic heterocycles. The molecule has 0 unspecified atom stereocenters. The van der Waals surface area contributed by atoms with E-state index in [4.69, 9.17) is 0 Å². The first-order valence-electron chi connectivity index (χ1n) is 5.36. The summed E-state index contributed by atoms with van der Waals surface area (Å²) in [6.07, 6.45) is -9.70. The average Bonchev–Trinajstić information content (AvgIpc) is 2.27. The molecule has 0 N–H and O–H groups in total. The number of rotatable bonds is 2. The summed E-state index contributed by atoms with van der Waals surface area (Å²) in [7, 11) is 1.79. The maximum absolute atomic E-state index is 13.0. The highest BCUT2D eigenvalue weighted by Crippen LogP contribution is 2.50. The Bertz CT molecular complexity index is 469. The quantitative estimate of drug-likeness (QED) is 0.756. The summed E-state index contributed by atoms with van der Waals surface area (Å²) in [5.74, 6) is -1.69. The topological polar surface area (TPSA) is 18.5 Å². The molecule has 1 aromatic rings. The fourth-order valence-electron chi connectivity index (χ4n) is 2.14. The van der Waals surface area contributed by atoms with Gasteiger partial charge in [0.2, 0.25) is 0 Å². The predicted octanol–water partition coefficient (Wildman–Crippen LogP) is 4.36. The zero-order valence-electron chi connectivity index (χ0n) is 11.1. The molecule has 0 atom stereocenters. The van der Waals surface area contributed by atoms with Gasteiger partial charge in [-0.2, -0.15) is 26.3 Å². The highest BCUT2D eigenvalue weighted by molar-refractivity contribution is 5.60. The Morgan fingerprint density at radius 1 is 0.650 bits per heavy atom. The monoisotopic (exact) mass is 302 g/mol. The minimum absolute atomic E-state index is 0.658. The second-order valence-electron chi connectivity index (χ2n) is 4.06. The maximum Gasteiger partial charge on any atom is 0.420 e. The van der Waals surface area contributed by atoms with Crippen LogP contribution < -0.4 is 9.47 Å². The van der Waals surface area contributed by atoms with E-state index in [2.05, 4.69) is 9.47 Å². The van der Waals surface area contributed by atoms with Crippen molar-refractivity contribution in [1.29, 1.82) is 0 Å². The molecule has 0 saturated carbocycles. The van der Waals surface area contributed by atoms with E-state index in [-0.39, 0.29) is 0 Å². The smallest absolute Gasteiger partial charge is 0.420 e. The van der Waals surface area contributed by atoms with E-state index in [0.717, 1.165) is 28.1 Å². The van der Waals surface area contributed by atoms with Crippen LogP contribution in [0.3, 0.4) is 0 Å². The standard InChI is InChI=1S/C12H12F6O2/c1-5-7(11(13,14)15)10(20-4)6(2)8(9(5)19-3)12(16,17)18/h1-4H3. The van der Waals surface area contributed by atoms with Crippen molar-refractivity contribution < 1.29 is 35.8 Å². The van der Waals surface area contributed by atoms with Gasteiger partial charge in [0.1, 0.15) is 22.6 Å². The van der Waals surface area contributed by atoms with Gasteiger partial charge in [-0.15, -0.1) is 0 Å². The van der Waals surface area contributed by atoms with Gasteiger partial charge in [0.05, 0.1) is 14.2 Å². The van der Waals surface area contributed by atoms with Crippen LogP contribution in [0.25, 0.3) is 0 Å². The van der Waals surface area contributed by atoms with E-state index < -0.39 is 46.1 Å². The summed E-state index contributed by atoms with van der Waals surface area (Å²) in [6, 6.07) is 0. The average molecular weight is 302 g/mol. The van der Waals surface area contributed by atoms with Crippen LogP contribution in [-0.4, -0.2) is 14.2 Å². The molecule has 2 nitrogen and oxygen atoms in total. The van der Waals surface area contributed by atoms with E-state index in [1.165, 1.54) is 0 Å². The first-order valence-corrected chi connectivity index (χ1v) is 5.36. The molecule has 0 bridgehead atoms. The van der Waals surface area contributed by atoms with Gasteiger partial charge in [-0.25, -0.2) is 0 Å². The summed E-state index contributed by atoms with van der Waals surface area (Å²) in [4.78, 5) is 0. The summed E-state index contributed by atoms with van der Waals surface area (Å²) < 4.78 is 87.1. The second kappa shape index (κ2) is 5.06. The lowest BCUT2D eigenvalue weighted by Gasteiger charge is -2.24. The van der Waals surface area contributed by atoms with Crippen molar-refractivity contribution >= 4 is 0 Å². The van der Waals surface area contributed by atoms with Crippen molar-refractivity contribution in [3.8, 4) is 11.5 Å². The fourth-order valence-corrected chi connectivity index (χ4v) is 2.14. The minimum atomic E-state index is -4.85. The maximum atomic E-state index is 13.0. The highest BCUT2D eigenvalue weighted by Gasteiger charge is 2.45. The first kappa shape index (κ1) is 16.5. The van der Waals surface area contributed by atoms with Crippen molar-refractivity contribution in [3.63, 3.8) is 0 Å². The molecular weight excluding hydrogens is 290 g/mol. The van der Waals surface area contributed by atoms with E-state index >= 15 is 0 Å². The summed E-state index contributed by atoms with van der Waals surface area (Å²) in [5, 5.41) is 0. The lowest BCUT2D eigenvalue weighted by atomic mass is 9.95. The second-order valence-corrected chi connectivity index (χ2v) is 4.06. The van der Waals surface area contributed by atoms with E-state index in [0.29, 0.717) is 0 Å². The third kappa shape index (κ3) is 2.64. The third-order valence-electron chi connectivity index (χ3n) is 2.86. The zero-order chi connectivity index (χ0) is 15.9. The van der Waals surface area contributed by atoms with Crippen LogP contribution in [0.5, 0.6) is 11.5 Å². The molecule has 0 heterocycles. The highest BCUT2D eigenvalue weighted by atomic mass is 19.4. The van der Waals surface area contributed by atoms with Crippen molar-refractivity contribution in [2.75, 3.05) is 14.2 Å². The number of alkyl halides is 6. The summed E-state index contributed by atoms with van der Waals surface area (Å²) >= 11 is 0. The minimum Gasteiger partial charge on any atom is -0.496 e. The molecular formula is C12H12F6O2. The predicted molar refractivity (Wildman–Crippen MR) is 59.0 cm³/mol. The number of hydrogen-bond donors (Lipinski definition) is 0. The van der Waals surface area contributed by atoms with E-state index in [1.54, 1.807) is 0 Å². The lowest BCUT2D eigenvalue weighted by molar-refractivity contribution is -0.144. The van der Waals surface area contributed by atoms with Gasteiger partial charge in [0.15, 0.2) is 0 Å². The van der Waals surface area contributed by atoms with Crippen LogP contribution in [0, 0.1) is 13.8 Å². The largest absolute Gasteiger partial charge is 0.496 e. The number of hydrogen-bond acceptors (Lipinski definition) is 2. The first-order chi connectivity index (χ1) is 8.96. The molecule has 1 rings (SSSR count). The molecule has 0 radical (unpaired) electrons. The Morgan fingerprint density at radius 2 is 0.900 bits per heavy atom. The van der Waals surface area contributed by atoms with Crippen molar-refractivity contribution in [3.05, 3.63) is 22.3 Å². The molecule has 0 saturated heterocycles. The molecule has 20 heavy (non-hydrogen) atoms. The van der Waals surface area contributed by atoms with E-state index in [9.17, 15) is 26.3 Å². The van der Waals surface area contributed by atoms with Crippen LogP contribution >= 0.6 is 0 Å². The van der Waals surface area contributed by atoms with Crippen LogP contribution in [0.15, 0.2) is 0 Å². The Hall–Kier alpha value is -1.60. The third-order valence-corrected chi connectivity index (χ3v) is 2.86. The molecule has 114 valence electrons. The fraction of sp³-hybridized carbons (Fsp3) is 0.500. The normalized spacial score (nSPS) is 12.5. The molecule has 0 aliphatic rings. The molecule has 0 spiro atoms.